The van der Waals surface area contributed by atoms with E-state index in [0.29, 0.717) is 6.61 Å². The van der Waals surface area contributed by atoms with E-state index < -0.39 is 12.3 Å². The molecular formula is C9H17F3O2. The fourth-order valence-corrected chi connectivity index (χ4v) is 0.915. The smallest absolute Gasteiger partial charge is 0.384 e. The van der Waals surface area contributed by atoms with Crippen LogP contribution >= 0.6 is 0 Å². The number of hydrogen-bond donors (Lipinski definition) is 1. The molecule has 0 saturated heterocycles. The van der Waals surface area contributed by atoms with E-state index in [1.165, 1.54) is 0 Å². The monoisotopic (exact) mass is 214 g/mol. The molecule has 0 aromatic carbocycles. The molecule has 0 amide bonds. The highest BCUT2D eigenvalue weighted by Crippen LogP contribution is 2.21. The first-order chi connectivity index (χ1) is 6.48. The van der Waals surface area contributed by atoms with Gasteiger partial charge in [0.15, 0.2) is 6.10 Å². The van der Waals surface area contributed by atoms with Crippen molar-refractivity contribution in [3.05, 3.63) is 0 Å². The molecule has 0 heterocycles. The van der Waals surface area contributed by atoms with Gasteiger partial charge in [-0.25, -0.2) is 0 Å². The van der Waals surface area contributed by atoms with Crippen molar-refractivity contribution in [3.8, 4) is 0 Å². The van der Waals surface area contributed by atoms with E-state index >= 15 is 0 Å². The van der Waals surface area contributed by atoms with Gasteiger partial charge in [0.1, 0.15) is 0 Å². The van der Waals surface area contributed by atoms with Crippen molar-refractivity contribution in [2.75, 3.05) is 13.2 Å². The fourth-order valence-electron chi connectivity index (χ4n) is 0.915. The predicted molar refractivity (Wildman–Crippen MR) is 47.0 cm³/mol. The molecule has 0 aliphatic heterocycles. The Kier molecular flexibility index (Phi) is 6.92. The van der Waals surface area contributed by atoms with E-state index in [4.69, 9.17) is 9.84 Å². The molecule has 0 aliphatic carbocycles. The number of hydrogen-bond acceptors (Lipinski definition) is 2. The lowest BCUT2D eigenvalue weighted by molar-refractivity contribution is -0.208. The van der Waals surface area contributed by atoms with Crippen molar-refractivity contribution in [2.45, 2.75) is 44.9 Å². The molecule has 0 aromatic rings. The number of aliphatic hydroxyl groups is 1. The lowest BCUT2D eigenvalue weighted by atomic mass is 10.2. The van der Waals surface area contributed by atoms with Gasteiger partial charge in [-0.3, -0.25) is 0 Å². The molecule has 0 bridgehead atoms. The van der Waals surface area contributed by atoms with E-state index in [1.54, 1.807) is 0 Å². The van der Waals surface area contributed by atoms with E-state index in [1.807, 2.05) is 6.92 Å². The van der Waals surface area contributed by atoms with Crippen LogP contribution in [0.1, 0.15) is 32.6 Å². The van der Waals surface area contributed by atoms with Crippen molar-refractivity contribution in [1.82, 2.24) is 0 Å². The van der Waals surface area contributed by atoms with Gasteiger partial charge in [-0.05, 0) is 6.42 Å². The number of rotatable bonds is 7. The van der Waals surface area contributed by atoms with Crippen LogP contribution in [0.4, 0.5) is 13.2 Å². The van der Waals surface area contributed by atoms with Gasteiger partial charge >= 0.3 is 6.18 Å². The Hall–Kier alpha value is -0.290. The maximum Gasteiger partial charge on any atom is 0.414 e. The first kappa shape index (κ1) is 13.7. The second kappa shape index (κ2) is 7.06. The van der Waals surface area contributed by atoms with Gasteiger partial charge in [-0.2, -0.15) is 13.2 Å². The minimum atomic E-state index is -4.52. The molecule has 2 nitrogen and oxygen atoms in total. The zero-order valence-corrected chi connectivity index (χ0v) is 8.31. The molecule has 5 heteroatoms. The number of unbranched alkanes of at least 4 members (excludes halogenated alkanes) is 2. The van der Waals surface area contributed by atoms with Crippen LogP contribution in [0.25, 0.3) is 0 Å². The third-order valence-electron chi connectivity index (χ3n) is 1.81. The topological polar surface area (TPSA) is 29.5 Å². The predicted octanol–water partition coefficient (Wildman–Crippen LogP) is 2.51. The van der Waals surface area contributed by atoms with Crippen molar-refractivity contribution in [3.63, 3.8) is 0 Å². The van der Waals surface area contributed by atoms with Crippen LogP contribution in [-0.2, 0) is 4.74 Å². The first-order valence-corrected chi connectivity index (χ1v) is 4.81. The zero-order chi connectivity index (χ0) is 11.0. The van der Waals surface area contributed by atoms with Gasteiger partial charge in [0.2, 0.25) is 0 Å². The molecule has 0 spiro atoms. The highest BCUT2D eigenvalue weighted by Gasteiger charge is 2.37. The summed E-state index contributed by atoms with van der Waals surface area (Å²) in [6.45, 7) is 2.47. The molecule has 0 aliphatic rings. The van der Waals surface area contributed by atoms with Crippen molar-refractivity contribution in [1.29, 1.82) is 0 Å². The second-order valence-electron chi connectivity index (χ2n) is 3.17. The average Bonchev–Trinajstić information content (AvgIpc) is 2.09. The Morgan fingerprint density at radius 1 is 1.21 bits per heavy atom. The normalized spacial score (nSPS) is 14.4. The molecule has 0 fully saturated rings. The molecule has 1 N–H and O–H groups in total. The number of alkyl halides is 3. The van der Waals surface area contributed by atoms with Gasteiger partial charge < -0.3 is 9.84 Å². The molecule has 1 unspecified atom stereocenters. The molecule has 0 rings (SSSR count). The van der Waals surface area contributed by atoms with Gasteiger partial charge in [-0.15, -0.1) is 0 Å². The summed E-state index contributed by atoms with van der Waals surface area (Å²) >= 11 is 0. The van der Waals surface area contributed by atoms with E-state index in [0.717, 1.165) is 19.3 Å². The number of aliphatic hydroxyl groups excluding tert-OH is 1. The summed E-state index contributed by atoms with van der Waals surface area (Å²) < 4.78 is 40.3. The third kappa shape index (κ3) is 7.15. The molecule has 0 aromatic heterocycles. The second-order valence-corrected chi connectivity index (χ2v) is 3.17. The SMILES string of the molecule is CCCCCOCCC(O)C(F)(F)F. The highest BCUT2D eigenvalue weighted by molar-refractivity contribution is 4.64. The molecular weight excluding hydrogens is 197 g/mol. The Morgan fingerprint density at radius 2 is 1.86 bits per heavy atom. The van der Waals surface area contributed by atoms with Gasteiger partial charge in [0.05, 0.1) is 0 Å². The minimum absolute atomic E-state index is 0.0373. The largest absolute Gasteiger partial charge is 0.414 e. The number of ether oxygens (including phenoxy) is 1. The Bertz CT molecular complexity index is 137. The highest BCUT2D eigenvalue weighted by atomic mass is 19.4. The summed E-state index contributed by atoms with van der Waals surface area (Å²) in [4.78, 5) is 0. The van der Waals surface area contributed by atoms with Crippen LogP contribution < -0.4 is 0 Å². The van der Waals surface area contributed by atoms with Crippen LogP contribution in [0.2, 0.25) is 0 Å². The Morgan fingerprint density at radius 3 is 2.36 bits per heavy atom. The maximum atomic E-state index is 11.8. The minimum Gasteiger partial charge on any atom is -0.384 e. The quantitative estimate of drug-likeness (QED) is 0.660. The summed E-state index contributed by atoms with van der Waals surface area (Å²) in [5.41, 5.74) is 0. The fraction of sp³-hybridized carbons (Fsp3) is 1.00. The standard InChI is InChI=1S/C9H17F3O2/c1-2-3-4-6-14-7-5-8(13)9(10,11)12/h8,13H,2-7H2,1H3. The van der Waals surface area contributed by atoms with Crippen LogP contribution in [-0.4, -0.2) is 30.6 Å². The summed E-state index contributed by atoms with van der Waals surface area (Å²) in [5.74, 6) is 0. The van der Waals surface area contributed by atoms with Crippen LogP contribution in [0.15, 0.2) is 0 Å². The summed E-state index contributed by atoms with van der Waals surface area (Å²) in [7, 11) is 0. The molecule has 1 atom stereocenters. The molecule has 0 radical (unpaired) electrons. The molecule has 86 valence electrons. The lowest BCUT2D eigenvalue weighted by Gasteiger charge is -2.13. The zero-order valence-electron chi connectivity index (χ0n) is 8.31. The van der Waals surface area contributed by atoms with Gasteiger partial charge in [0, 0.05) is 19.6 Å². The molecule has 0 saturated carbocycles. The Labute approximate surface area is 82.1 Å². The summed E-state index contributed by atoms with van der Waals surface area (Å²) in [6, 6.07) is 0. The first-order valence-electron chi connectivity index (χ1n) is 4.81. The summed E-state index contributed by atoms with van der Waals surface area (Å²) in [5, 5.41) is 8.58. The Balaban J connectivity index is 3.28. The maximum absolute atomic E-state index is 11.8. The van der Waals surface area contributed by atoms with Gasteiger partial charge in [0.25, 0.3) is 0 Å². The van der Waals surface area contributed by atoms with E-state index in [-0.39, 0.29) is 13.0 Å². The van der Waals surface area contributed by atoms with Crippen molar-refractivity contribution in [2.24, 2.45) is 0 Å². The average molecular weight is 214 g/mol. The van der Waals surface area contributed by atoms with E-state index in [2.05, 4.69) is 0 Å². The molecule has 14 heavy (non-hydrogen) atoms. The number of halogens is 3. The van der Waals surface area contributed by atoms with Crippen LogP contribution in [0.5, 0.6) is 0 Å². The van der Waals surface area contributed by atoms with Gasteiger partial charge in [-0.1, -0.05) is 19.8 Å². The van der Waals surface area contributed by atoms with Crippen molar-refractivity contribution >= 4 is 0 Å². The van der Waals surface area contributed by atoms with Crippen LogP contribution in [0, 0.1) is 0 Å². The van der Waals surface area contributed by atoms with E-state index in [9.17, 15) is 13.2 Å². The summed E-state index contributed by atoms with van der Waals surface area (Å²) in [6.07, 6.45) is -4.23. The van der Waals surface area contributed by atoms with Crippen molar-refractivity contribution < 1.29 is 23.0 Å². The van der Waals surface area contributed by atoms with Crippen LogP contribution in [0.3, 0.4) is 0 Å². The third-order valence-corrected chi connectivity index (χ3v) is 1.81. The lowest BCUT2D eigenvalue weighted by Crippen LogP contribution is -2.29.